The van der Waals surface area contributed by atoms with Crippen molar-refractivity contribution in [2.45, 2.75) is 12.6 Å². The Balaban J connectivity index is 1.97. The average Bonchev–Trinajstić information content (AvgIpc) is 2.51. The molecule has 13 heavy (non-hydrogen) atoms. The first kappa shape index (κ1) is 7.08. The van der Waals surface area contributed by atoms with Crippen LogP contribution in [0.25, 0.3) is 0 Å². The molecule has 1 fully saturated rings. The van der Waals surface area contributed by atoms with E-state index in [2.05, 4.69) is 10.4 Å². The molecule has 0 atom stereocenters. The van der Waals surface area contributed by atoms with E-state index in [1.54, 1.807) is 0 Å². The minimum absolute atomic E-state index is 0.0611. The van der Waals surface area contributed by atoms with Crippen molar-refractivity contribution in [3.05, 3.63) is 17.5 Å². The van der Waals surface area contributed by atoms with Crippen LogP contribution in [-0.2, 0) is 11.3 Å². The molecule has 1 saturated heterocycles. The normalized spacial score (nSPS) is 21.1. The van der Waals surface area contributed by atoms with Gasteiger partial charge in [0.2, 0.25) is 0 Å². The highest BCUT2D eigenvalue weighted by atomic mass is 16.5. The molecule has 1 aromatic heterocycles. The molecule has 3 heterocycles. The van der Waals surface area contributed by atoms with Crippen LogP contribution in [0.4, 0.5) is 0 Å². The fraction of sp³-hybridized carbons (Fsp3) is 0.500. The quantitative estimate of drug-likeness (QED) is 0.643. The van der Waals surface area contributed by atoms with E-state index in [0.717, 1.165) is 5.56 Å². The highest BCUT2D eigenvalue weighted by Gasteiger charge is 2.27. The minimum Gasteiger partial charge on any atom is -0.377 e. The lowest BCUT2D eigenvalue weighted by Crippen LogP contribution is -2.31. The summed E-state index contributed by atoms with van der Waals surface area (Å²) < 4.78 is 6.90. The van der Waals surface area contributed by atoms with Gasteiger partial charge in [-0.2, -0.15) is 5.10 Å². The van der Waals surface area contributed by atoms with Gasteiger partial charge in [0.05, 0.1) is 19.3 Å². The van der Waals surface area contributed by atoms with Gasteiger partial charge in [-0.05, 0) is 0 Å². The molecule has 0 spiro atoms. The summed E-state index contributed by atoms with van der Waals surface area (Å²) in [5.41, 5.74) is 1.57. The average molecular weight is 179 g/mol. The lowest BCUT2D eigenvalue weighted by Gasteiger charge is -2.26. The number of rotatable bonds is 1. The van der Waals surface area contributed by atoms with Crippen LogP contribution in [0.3, 0.4) is 0 Å². The van der Waals surface area contributed by atoms with Gasteiger partial charge in [-0.15, -0.1) is 0 Å². The summed E-state index contributed by atoms with van der Waals surface area (Å²) in [6.07, 6.45) is 1.93. The smallest absolute Gasteiger partial charge is 0.272 e. The summed E-state index contributed by atoms with van der Waals surface area (Å²) in [6, 6.07) is 0.332. The van der Waals surface area contributed by atoms with Crippen LogP contribution in [0.5, 0.6) is 0 Å². The van der Waals surface area contributed by atoms with E-state index in [4.69, 9.17) is 4.74 Å². The molecule has 2 aliphatic rings. The van der Waals surface area contributed by atoms with Crippen LogP contribution in [-0.4, -0.2) is 28.9 Å². The fourth-order valence-corrected chi connectivity index (χ4v) is 1.57. The molecule has 1 N–H and O–H groups in total. The number of nitrogens with one attached hydrogen (secondary N) is 1. The monoisotopic (exact) mass is 179 g/mol. The number of carbonyl (C=O) groups excluding carboxylic acids is 1. The van der Waals surface area contributed by atoms with E-state index >= 15 is 0 Å². The van der Waals surface area contributed by atoms with Crippen LogP contribution in [0.2, 0.25) is 0 Å². The summed E-state index contributed by atoms with van der Waals surface area (Å²) in [5.74, 6) is -0.0611. The number of hydrogen-bond acceptors (Lipinski definition) is 3. The van der Waals surface area contributed by atoms with Crippen molar-refractivity contribution in [1.82, 2.24) is 15.1 Å². The molecule has 1 aromatic rings. The minimum atomic E-state index is -0.0611. The SMILES string of the molecule is O=C1NCc2cn(C3COC3)nc21. The number of carbonyl (C=O) groups is 1. The van der Waals surface area contributed by atoms with Gasteiger partial charge < -0.3 is 10.1 Å². The first-order valence-corrected chi connectivity index (χ1v) is 4.28. The number of hydrogen-bond donors (Lipinski definition) is 1. The summed E-state index contributed by atoms with van der Waals surface area (Å²) in [6.45, 7) is 2.03. The molecule has 0 aliphatic carbocycles. The van der Waals surface area contributed by atoms with Crippen molar-refractivity contribution in [2.24, 2.45) is 0 Å². The van der Waals surface area contributed by atoms with Gasteiger partial charge in [0.1, 0.15) is 0 Å². The molecule has 0 radical (unpaired) electrons. The molecule has 0 aromatic carbocycles. The molecule has 68 valence electrons. The Morgan fingerprint density at radius 3 is 3.08 bits per heavy atom. The second-order valence-corrected chi connectivity index (χ2v) is 3.36. The highest BCUT2D eigenvalue weighted by Crippen LogP contribution is 2.20. The summed E-state index contributed by atoms with van der Waals surface area (Å²) in [7, 11) is 0. The number of fused-ring (bicyclic) bond motifs is 1. The Kier molecular flexibility index (Phi) is 1.26. The van der Waals surface area contributed by atoms with Crippen LogP contribution in [0, 0.1) is 0 Å². The molecule has 0 saturated carbocycles. The van der Waals surface area contributed by atoms with E-state index in [-0.39, 0.29) is 5.91 Å². The largest absolute Gasteiger partial charge is 0.377 e. The van der Waals surface area contributed by atoms with Crippen molar-refractivity contribution in [1.29, 1.82) is 0 Å². The van der Waals surface area contributed by atoms with E-state index in [0.29, 0.717) is 31.5 Å². The van der Waals surface area contributed by atoms with E-state index in [9.17, 15) is 4.79 Å². The number of amides is 1. The van der Waals surface area contributed by atoms with Crippen LogP contribution in [0.1, 0.15) is 22.1 Å². The summed E-state index contributed by atoms with van der Waals surface area (Å²) in [4.78, 5) is 11.2. The molecule has 1 amide bonds. The number of aromatic nitrogens is 2. The van der Waals surface area contributed by atoms with Crippen molar-refractivity contribution < 1.29 is 9.53 Å². The Morgan fingerprint density at radius 1 is 1.62 bits per heavy atom. The predicted octanol–water partition coefficient (Wildman–Crippen LogP) is -0.302. The lowest BCUT2D eigenvalue weighted by molar-refractivity contribution is -0.0288. The van der Waals surface area contributed by atoms with Gasteiger partial charge in [-0.1, -0.05) is 0 Å². The van der Waals surface area contributed by atoms with Crippen molar-refractivity contribution in [2.75, 3.05) is 13.2 Å². The van der Waals surface area contributed by atoms with Crippen LogP contribution >= 0.6 is 0 Å². The Labute approximate surface area is 74.7 Å². The maximum Gasteiger partial charge on any atom is 0.272 e. The lowest BCUT2D eigenvalue weighted by atomic mass is 10.2. The van der Waals surface area contributed by atoms with Crippen LogP contribution in [0.15, 0.2) is 6.20 Å². The Bertz CT molecular complexity index is 367. The molecule has 2 aliphatic heterocycles. The topological polar surface area (TPSA) is 56.2 Å². The number of nitrogens with zero attached hydrogens (tertiary/aromatic N) is 2. The third-order valence-corrected chi connectivity index (χ3v) is 2.46. The predicted molar refractivity (Wildman–Crippen MR) is 43.3 cm³/mol. The van der Waals surface area contributed by atoms with E-state index in [1.807, 2.05) is 10.9 Å². The zero-order chi connectivity index (χ0) is 8.84. The second kappa shape index (κ2) is 2.32. The zero-order valence-corrected chi connectivity index (χ0v) is 6.99. The van der Waals surface area contributed by atoms with Gasteiger partial charge in [0.15, 0.2) is 5.69 Å². The molecule has 0 unspecified atom stereocenters. The Hall–Kier alpha value is -1.36. The molecular weight excluding hydrogens is 170 g/mol. The first-order chi connectivity index (χ1) is 6.34. The van der Waals surface area contributed by atoms with Crippen molar-refractivity contribution in [3.63, 3.8) is 0 Å². The van der Waals surface area contributed by atoms with Gasteiger partial charge in [0.25, 0.3) is 5.91 Å². The van der Waals surface area contributed by atoms with E-state index in [1.165, 1.54) is 0 Å². The first-order valence-electron chi connectivity index (χ1n) is 4.28. The molecule has 5 heteroatoms. The molecular formula is C8H9N3O2. The Morgan fingerprint density at radius 2 is 2.46 bits per heavy atom. The van der Waals surface area contributed by atoms with Gasteiger partial charge >= 0.3 is 0 Å². The molecule has 5 nitrogen and oxygen atoms in total. The van der Waals surface area contributed by atoms with Crippen LogP contribution < -0.4 is 5.32 Å². The summed E-state index contributed by atoms with van der Waals surface area (Å²) >= 11 is 0. The van der Waals surface area contributed by atoms with Crippen molar-refractivity contribution >= 4 is 5.91 Å². The summed E-state index contributed by atoms with van der Waals surface area (Å²) in [5, 5.41) is 6.94. The number of ether oxygens (including phenoxy) is 1. The maximum absolute atomic E-state index is 11.2. The molecule has 0 bridgehead atoms. The van der Waals surface area contributed by atoms with Gasteiger partial charge in [-0.3, -0.25) is 9.48 Å². The molecule has 3 rings (SSSR count). The standard InChI is InChI=1S/C8H9N3O2/c12-8-7-5(1-9-8)2-11(10-7)6-3-13-4-6/h2,6H,1,3-4H2,(H,9,12). The third kappa shape index (κ3) is 0.904. The van der Waals surface area contributed by atoms with E-state index < -0.39 is 0 Å². The van der Waals surface area contributed by atoms with Crippen molar-refractivity contribution in [3.8, 4) is 0 Å². The fourth-order valence-electron chi connectivity index (χ4n) is 1.57. The van der Waals surface area contributed by atoms with Gasteiger partial charge in [-0.25, -0.2) is 0 Å². The second-order valence-electron chi connectivity index (χ2n) is 3.36. The third-order valence-electron chi connectivity index (χ3n) is 2.46. The zero-order valence-electron chi connectivity index (χ0n) is 6.99. The van der Waals surface area contributed by atoms with Gasteiger partial charge in [0, 0.05) is 18.3 Å². The maximum atomic E-state index is 11.2. The highest BCUT2D eigenvalue weighted by molar-refractivity contribution is 5.96.